The van der Waals surface area contributed by atoms with Crippen LogP contribution in [0.25, 0.3) is 0 Å². The van der Waals surface area contributed by atoms with Gasteiger partial charge in [0.25, 0.3) is 0 Å². The molecule has 0 spiro atoms. The van der Waals surface area contributed by atoms with Crippen LogP contribution in [0.5, 0.6) is 11.6 Å². The minimum Gasteiger partial charge on any atom is -0.437 e. The Bertz CT molecular complexity index is 1050. The third-order valence-corrected chi connectivity index (χ3v) is 4.96. The molecule has 0 bridgehead atoms. The van der Waals surface area contributed by atoms with Crippen LogP contribution in [-0.2, 0) is 12.0 Å². The molecule has 0 fully saturated rings. The fourth-order valence-electron chi connectivity index (χ4n) is 2.85. The number of hydrogen-bond acceptors (Lipinski definition) is 3. The quantitative estimate of drug-likeness (QED) is 0.455. The summed E-state index contributed by atoms with van der Waals surface area (Å²) in [5.74, 6) is 1.01. The maximum absolute atomic E-state index is 12.4. The molecule has 30 heavy (non-hydrogen) atoms. The molecule has 0 aliphatic rings. The van der Waals surface area contributed by atoms with E-state index in [-0.39, 0.29) is 12.0 Å². The summed E-state index contributed by atoms with van der Waals surface area (Å²) in [5.41, 5.74) is 2.16. The Labute approximate surface area is 186 Å². The van der Waals surface area contributed by atoms with Gasteiger partial charge in [-0.15, -0.1) is 0 Å². The molecule has 2 N–H and O–H groups in total. The minimum atomic E-state index is -0.400. The maximum atomic E-state index is 12.4. The van der Waals surface area contributed by atoms with Crippen LogP contribution >= 0.6 is 23.2 Å². The number of ether oxygens (including phenoxy) is 1. The summed E-state index contributed by atoms with van der Waals surface area (Å²) in [6, 6.07) is 16.0. The standard InChI is InChI=1S/C23H23Cl2N3O2/c1-23(2,3)17-7-4-5-9-20(17)30-21-19(8-6-12-26-21)28-22(29)27-14-15-10-11-16(24)13-18(15)25/h4-13H,14H2,1-3H3,(H2,27,28,29). The van der Waals surface area contributed by atoms with Crippen LogP contribution < -0.4 is 15.4 Å². The fourth-order valence-corrected chi connectivity index (χ4v) is 3.33. The fraction of sp³-hybridized carbons (Fsp3) is 0.217. The molecule has 2 aromatic carbocycles. The molecule has 0 aliphatic carbocycles. The second-order valence-corrected chi connectivity index (χ2v) is 8.59. The number of carbonyl (C=O) groups is 1. The number of halogens is 2. The number of nitrogens with zero attached hydrogens (tertiary/aromatic N) is 1. The molecule has 0 aliphatic heterocycles. The first-order chi connectivity index (χ1) is 14.2. The van der Waals surface area contributed by atoms with Gasteiger partial charge in [-0.05, 0) is 41.3 Å². The van der Waals surface area contributed by atoms with Crippen molar-refractivity contribution in [1.82, 2.24) is 10.3 Å². The zero-order chi connectivity index (χ0) is 21.7. The molecule has 1 heterocycles. The van der Waals surface area contributed by atoms with Crippen LogP contribution in [0.1, 0.15) is 31.9 Å². The van der Waals surface area contributed by atoms with E-state index in [1.807, 2.05) is 24.3 Å². The molecular weight excluding hydrogens is 421 g/mol. The van der Waals surface area contributed by atoms with E-state index in [0.29, 0.717) is 27.4 Å². The lowest BCUT2D eigenvalue weighted by atomic mass is 9.86. The molecule has 0 saturated carbocycles. The molecule has 7 heteroatoms. The summed E-state index contributed by atoms with van der Waals surface area (Å²) >= 11 is 12.1. The number of amides is 2. The number of hydrogen-bond donors (Lipinski definition) is 2. The summed E-state index contributed by atoms with van der Waals surface area (Å²) in [5, 5.41) is 6.59. The third kappa shape index (κ3) is 5.65. The smallest absolute Gasteiger partial charge is 0.319 e. The maximum Gasteiger partial charge on any atom is 0.319 e. The van der Waals surface area contributed by atoms with Gasteiger partial charge in [0.05, 0.1) is 0 Å². The normalized spacial score (nSPS) is 11.1. The lowest BCUT2D eigenvalue weighted by Gasteiger charge is -2.22. The predicted molar refractivity (Wildman–Crippen MR) is 122 cm³/mol. The van der Waals surface area contributed by atoms with Gasteiger partial charge in [-0.3, -0.25) is 0 Å². The first kappa shape index (κ1) is 21.9. The Kier molecular flexibility index (Phi) is 6.85. The number of rotatable bonds is 5. The van der Waals surface area contributed by atoms with E-state index in [2.05, 4.69) is 36.4 Å². The Hall–Kier alpha value is -2.76. The first-order valence-electron chi connectivity index (χ1n) is 9.45. The highest BCUT2D eigenvalue weighted by atomic mass is 35.5. The SMILES string of the molecule is CC(C)(C)c1ccccc1Oc1ncccc1NC(=O)NCc1ccc(Cl)cc1Cl. The average molecular weight is 444 g/mol. The van der Waals surface area contributed by atoms with E-state index in [1.165, 1.54) is 0 Å². The van der Waals surface area contributed by atoms with Gasteiger partial charge in [0.1, 0.15) is 11.4 Å². The van der Waals surface area contributed by atoms with Crippen molar-refractivity contribution in [1.29, 1.82) is 0 Å². The van der Waals surface area contributed by atoms with Gasteiger partial charge in [-0.1, -0.05) is 68.2 Å². The number of carbonyl (C=O) groups excluding carboxylic acids is 1. The van der Waals surface area contributed by atoms with Gasteiger partial charge >= 0.3 is 6.03 Å². The molecule has 3 rings (SSSR count). The van der Waals surface area contributed by atoms with Crippen LogP contribution in [0.3, 0.4) is 0 Å². The lowest BCUT2D eigenvalue weighted by molar-refractivity contribution is 0.251. The van der Waals surface area contributed by atoms with Gasteiger partial charge in [-0.25, -0.2) is 9.78 Å². The van der Waals surface area contributed by atoms with Crippen molar-refractivity contribution < 1.29 is 9.53 Å². The van der Waals surface area contributed by atoms with Crippen LogP contribution in [-0.4, -0.2) is 11.0 Å². The zero-order valence-corrected chi connectivity index (χ0v) is 18.5. The van der Waals surface area contributed by atoms with E-state index >= 15 is 0 Å². The van der Waals surface area contributed by atoms with Crippen molar-refractivity contribution in [2.24, 2.45) is 0 Å². The molecule has 0 radical (unpaired) electrons. The molecule has 2 amide bonds. The zero-order valence-electron chi connectivity index (χ0n) is 17.0. The molecular formula is C23H23Cl2N3O2. The van der Waals surface area contributed by atoms with Gasteiger partial charge in [0.15, 0.2) is 0 Å². The van der Waals surface area contributed by atoms with Crippen molar-refractivity contribution in [3.63, 3.8) is 0 Å². The highest BCUT2D eigenvalue weighted by Gasteiger charge is 2.20. The highest BCUT2D eigenvalue weighted by Crippen LogP contribution is 2.35. The van der Waals surface area contributed by atoms with Crippen LogP contribution in [0.15, 0.2) is 60.8 Å². The van der Waals surface area contributed by atoms with E-state index in [9.17, 15) is 4.79 Å². The summed E-state index contributed by atoms with van der Waals surface area (Å²) < 4.78 is 6.07. The van der Waals surface area contributed by atoms with E-state index in [0.717, 1.165) is 11.1 Å². The van der Waals surface area contributed by atoms with Gasteiger partial charge in [0.2, 0.25) is 5.88 Å². The summed E-state index contributed by atoms with van der Waals surface area (Å²) in [6.45, 7) is 6.59. The number of anilines is 1. The number of urea groups is 1. The third-order valence-electron chi connectivity index (χ3n) is 4.38. The van der Waals surface area contributed by atoms with Gasteiger partial charge < -0.3 is 15.4 Å². The van der Waals surface area contributed by atoms with Crippen LogP contribution in [0.4, 0.5) is 10.5 Å². The Morgan fingerprint density at radius 3 is 2.57 bits per heavy atom. The lowest BCUT2D eigenvalue weighted by Crippen LogP contribution is -2.28. The van der Waals surface area contributed by atoms with Crippen LogP contribution in [0, 0.1) is 0 Å². The van der Waals surface area contributed by atoms with E-state index < -0.39 is 6.03 Å². The average Bonchev–Trinajstić information content (AvgIpc) is 2.68. The number of pyridine rings is 1. The predicted octanol–water partition coefficient (Wildman–Crippen LogP) is 6.80. The largest absolute Gasteiger partial charge is 0.437 e. The second-order valence-electron chi connectivity index (χ2n) is 7.75. The van der Waals surface area contributed by atoms with Crippen molar-refractivity contribution >= 4 is 34.9 Å². The number of para-hydroxylation sites is 1. The molecule has 1 aromatic heterocycles. The molecule has 5 nitrogen and oxygen atoms in total. The van der Waals surface area contributed by atoms with Crippen molar-refractivity contribution in [2.45, 2.75) is 32.7 Å². The number of benzene rings is 2. The van der Waals surface area contributed by atoms with Crippen molar-refractivity contribution in [3.8, 4) is 11.6 Å². The van der Waals surface area contributed by atoms with Crippen molar-refractivity contribution in [2.75, 3.05) is 5.32 Å². The highest BCUT2D eigenvalue weighted by molar-refractivity contribution is 6.35. The number of nitrogens with one attached hydrogen (secondary N) is 2. The topological polar surface area (TPSA) is 63.2 Å². The Morgan fingerprint density at radius 1 is 1.07 bits per heavy atom. The summed E-state index contributed by atoms with van der Waals surface area (Å²) in [4.78, 5) is 16.7. The van der Waals surface area contributed by atoms with E-state index in [1.54, 1.807) is 36.5 Å². The van der Waals surface area contributed by atoms with Gasteiger partial charge in [0, 0.05) is 28.4 Å². The first-order valence-corrected chi connectivity index (χ1v) is 10.2. The minimum absolute atomic E-state index is 0.103. The summed E-state index contributed by atoms with van der Waals surface area (Å²) in [7, 11) is 0. The number of aromatic nitrogens is 1. The van der Waals surface area contributed by atoms with Gasteiger partial charge in [-0.2, -0.15) is 0 Å². The molecule has 3 aromatic rings. The second kappa shape index (κ2) is 9.37. The van der Waals surface area contributed by atoms with Crippen molar-refractivity contribution in [3.05, 3.63) is 82.0 Å². The molecule has 0 unspecified atom stereocenters. The van der Waals surface area contributed by atoms with Crippen LogP contribution in [0.2, 0.25) is 10.0 Å². The monoisotopic (exact) mass is 443 g/mol. The summed E-state index contributed by atoms with van der Waals surface area (Å²) in [6.07, 6.45) is 1.62. The Morgan fingerprint density at radius 2 is 1.83 bits per heavy atom. The molecule has 0 saturated heterocycles. The van der Waals surface area contributed by atoms with E-state index in [4.69, 9.17) is 27.9 Å². The molecule has 0 atom stereocenters. The molecule has 156 valence electrons. The Balaban J connectivity index is 1.72.